The summed E-state index contributed by atoms with van der Waals surface area (Å²) in [5.41, 5.74) is 1.59. The number of halogens is 1. The minimum absolute atomic E-state index is 0.0811. The summed E-state index contributed by atoms with van der Waals surface area (Å²) in [5, 5.41) is 0.910. The summed E-state index contributed by atoms with van der Waals surface area (Å²) in [6, 6.07) is 13.9. The second kappa shape index (κ2) is 9.62. The Balaban J connectivity index is 1.19. The molecule has 0 saturated carbocycles. The minimum atomic E-state index is -3.61. The molecule has 0 radical (unpaired) electrons. The third-order valence-electron chi connectivity index (χ3n) is 7.31. The van der Waals surface area contributed by atoms with Gasteiger partial charge in [0.1, 0.15) is 5.82 Å². The Morgan fingerprint density at radius 2 is 1.69 bits per heavy atom. The molecule has 5 rings (SSSR count). The molecule has 7 nitrogen and oxygen atoms in total. The molecule has 2 saturated heterocycles. The molecule has 1 amide bonds. The molecule has 0 spiro atoms. The van der Waals surface area contributed by atoms with Gasteiger partial charge in [-0.3, -0.25) is 4.79 Å². The highest BCUT2D eigenvalue weighted by molar-refractivity contribution is 7.89. The Kier molecular flexibility index (Phi) is 6.55. The SMILES string of the molecule is CCn1ccc2cc(S(=O)(=O)N3CCC(C(=O)N4CCN(c5ccccc5F)CC4)CC3)ccc21. The number of fused-ring (bicyclic) bond motifs is 1. The summed E-state index contributed by atoms with van der Waals surface area (Å²) in [4.78, 5) is 17.2. The number of carbonyl (C=O) groups excluding carboxylic acids is 1. The van der Waals surface area contributed by atoms with Gasteiger partial charge in [0, 0.05) is 68.8 Å². The van der Waals surface area contributed by atoms with Crippen LogP contribution in [0.3, 0.4) is 0 Å². The van der Waals surface area contributed by atoms with Crippen molar-refractivity contribution in [1.29, 1.82) is 0 Å². The highest BCUT2D eigenvalue weighted by atomic mass is 32.2. The molecule has 0 unspecified atom stereocenters. The third kappa shape index (κ3) is 4.54. The molecule has 3 aromatic rings. The van der Waals surface area contributed by atoms with Crippen LogP contribution < -0.4 is 4.90 Å². The van der Waals surface area contributed by atoms with Crippen LogP contribution in [-0.4, -0.2) is 67.4 Å². The number of para-hydroxylation sites is 1. The van der Waals surface area contributed by atoms with E-state index in [1.165, 1.54) is 10.4 Å². The number of sulfonamides is 1. The normalized spacial score (nSPS) is 18.3. The van der Waals surface area contributed by atoms with Crippen molar-refractivity contribution in [3.05, 3.63) is 60.5 Å². The van der Waals surface area contributed by atoms with Gasteiger partial charge in [0.2, 0.25) is 15.9 Å². The van der Waals surface area contributed by atoms with E-state index < -0.39 is 10.0 Å². The topological polar surface area (TPSA) is 65.9 Å². The lowest BCUT2D eigenvalue weighted by Crippen LogP contribution is -2.52. The summed E-state index contributed by atoms with van der Waals surface area (Å²) in [6.07, 6.45) is 2.99. The molecule has 0 N–H and O–H groups in total. The number of nitrogens with zero attached hydrogens (tertiary/aromatic N) is 4. The predicted octanol–water partition coefficient (Wildman–Crippen LogP) is 3.55. The molecule has 3 heterocycles. The van der Waals surface area contributed by atoms with Crippen molar-refractivity contribution in [2.75, 3.05) is 44.2 Å². The summed E-state index contributed by atoms with van der Waals surface area (Å²) in [5.74, 6) is -0.344. The molecule has 2 aromatic carbocycles. The lowest BCUT2D eigenvalue weighted by atomic mass is 9.96. The monoisotopic (exact) mass is 498 g/mol. The van der Waals surface area contributed by atoms with Gasteiger partial charge in [-0.1, -0.05) is 12.1 Å². The number of aryl methyl sites for hydroxylation is 1. The molecule has 0 atom stereocenters. The number of carbonyl (C=O) groups is 1. The number of benzene rings is 2. The summed E-state index contributed by atoms with van der Waals surface area (Å²) in [6.45, 7) is 5.81. The lowest BCUT2D eigenvalue weighted by molar-refractivity contribution is -0.137. The molecule has 9 heteroatoms. The molecule has 186 valence electrons. The number of hydrogen-bond donors (Lipinski definition) is 0. The molecule has 1 aromatic heterocycles. The van der Waals surface area contributed by atoms with Crippen molar-refractivity contribution in [3.8, 4) is 0 Å². The van der Waals surface area contributed by atoms with Crippen molar-refractivity contribution >= 4 is 32.5 Å². The zero-order valence-corrected chi connectivity index (χ0v) is 20.8. The van der Waals surface area contributed by atoms with E-state index in [2.05, 4.69) is 11.5 Å². The second-order valence-electron chi connectivity index (χ2n) is 9.26. The van der Waals surface area contributed by atoms with Gasteiger partial charge in [-0.25, -0.2) is 12.8 Å². The largest absolute Gasteiger partial charge is 0.366 e. The number of aromatic nitrogens is 1. The molecule has 0 bridgehead atoms. The third-order valence-corrected chi connectivity index (χ3v) is 9.20. The van der Waals surface area contributed by atoms with Crippen molar-refractivity contribution in [2.45, 2.75) is 31.2 Å². The standard InChI is InChI=1S/C26H31FN4O3S/c1-2-28-12-9-21-19-22(7-8-24(21)28)35(33,34)31-13-10-20(11-14-31)26(32)30-17-15-29(16-18-30)25-6-4-3-5-23(25)27/h3-9,12,19-20H,2,10-11,13-18H2,1H3. The van der Waals surface area contributed by atoms with E-state index in [-0.39, 0.29) is 17.6 Å². The van der Waals surface area contributed by atoms with E-state index >= 15 is 0 Å². The highest BCUT2D eigenvalue weighted by Crippen LogP contribution is 2.28. The van der Waals surface area contributed by atoms with Crippen molar-refractivity contribution in [3.63, 3.8) is 0 Å². The number of piperazine rings is 1. The number of amides is 1. The molecule has 2 fully saturated rings. The van der Waals surface area contributed by atoms with Gasteiger partial charge >= 0.3 is 0 Å². The van der Waals surface area contributed by atoms with E-state index in [0.29, 0.717) is 62.7 Å². The molecule has 2 aliphatic heterocycles. The molecular weight excluding hydrogens is 467 g/mol. The first-order chi connectivity index (χ1) is 16.9. The number of rotatable bonds is 5. The van der Waals surface area contributed by atoms with Crippen LogP contribution in [0.4, 0.5) is 10.1 Å². The first kappa shape index (κ1) is 23.8. The zero-order chi connectivity index (χ0) is 24.6. The maximum absolute atomic E-state index is 14.1. The van der Waals surface area contributed by atoms with Crippen LogP contribution in [0.2, 0.25) is 0 Å². The van der Waals surface area contributed by atoms with Gasteiger partial charge in [-0.15, -0.1) is 0 Å². The van der Waals surface area contributed by atoms with Crippen LogP contribution in [-0.2, 0) is 21.4 Å². The summed E-state index contributed by atoms with van der Waals surface area (Å²) < 4.78 is 44.2. The van der Waals surface area contributed by atoms with E-state index in [1.807, 2.05) is 34.2 Å². The van der Waals surface area contributed by atoms with E-state index in [1.54, 1.807) is 24.3 Å². The van der Waals surface area contributed by atoms with Crippen LogP contribution in [0.25, 0.3) is 10.9 Å². The smallest absolute Gasteiger partial charge is 0.243 e. The average Bonchev–Trinajstić information content (AvgIpc) is 3.31. The zero-order valence-electron chi connectivity index (χ0n) is 19.9. The van der Waals surface area contributed by atoms with E-state index in [0.717, 1.165) is 17.4 Å². The van der Waals surface area contributed by atoms with Crippen LogP contribution in [0, 0.1) is 11.7 Å². The Hall–Kier alpha value is -2.91. The lowest BCUT2D eigenvalue weighted by Gasteiger charge is -2.39. The fourth-order valence-corrected chi connectivity index (χ4v) is 6.75. The maximum atomic E-state index is 14.1. The van der Waals surface area contributed by atoms with Crippen LogP contribution >= 0.6 is 0 Å². The van der Waals surface area contributed by atoms with Crippen molar-refractivity contribution in [2.24, 2.45) is 5.92 Å². The Morgan fingerprint density at radius 1 is 0.971 bits per heavy atom. The summed E-state index contributed by atoms with van der Waals surface area (Å²) >= 11 is 0. The second-order valence-corrected chi connectivity index (χ2v) is 11.2. The Morgan fingerprint density at radius 3 is 2.37 bits per heavy atom. The van der Waals surface area contributed by atoms with Gasteiger partial charge in [0.15, 0.2) is 0 Å². The highest BCUT2D eigenvalue weighted by Gasteiger charge is 2.35. The summed E-state index contributed by atoms with van der Waals surface area (Å²) in [7, 11) is -3.61. The van der Waals surface area contributed by atoms with E-state index in [4.69, 9.17) is 0 Å². The number of anilines is 1. The van der Waals surface area contributed by atoms with E-state index in [9.17, 15) is 17.6 Å². The fourth-order valence-electron chi connectivity index (χ4n) is 5.24. The molecular formula is C26H31FN4O3S. The maximum Gasteiger partial charge on any atom is 0.243 e. The first-order valence-corrected chi connectivity index (χ1v) is 13.7. The van der Waals surface area contributed by atoms with Gasteiger partial charge in [-0.2, -0.15) is 4.31 Å². The van der Waals surface area contributed by atoms with Crippen molar-refractivity contribution < 1.29 is 17.6 Å². The Bertz CT molecular complexity index is 1320. The van der Waals surface area contributed by atoms with Gasteiger partial charge < -0.3 is 14.4 Å². The van der Waals surface area contributed by atoms with Crippen LogP contribution in [0.5, 0.6) is 0 Å². The number of piperidine rings is 1. The molecule has 35 heavy (non-hydrogen) atoms. The minimum Gasteiger partial charge on any atom is -0.366 e. The number of hydrogen-bond acceptors (Lipinski definition) is 4. The van der Waals surface area contributed by atoms with Crippen molar-refractivity contribution in [1.82, 2.24) is 13.8 Å². The van der Waals surface area contributed by atoms with Gasteiger partial charge in [0.05, 0.1) is 10.6 Å². The van der Waals surface area contributed by atoms with Gasteiger partial charge in [-0.05, 0) is 56.2 Å². The fraction of sp³-hybridized carbons (Fsp3) is 0.423. The predicted molar refractivity (Wildman–Crippen MR) is 134 cm³/mol. The molecule has 2 aliphatic rings. The van der Waals surface area contributed by atoms with Gasteiger partial charge in [0.25, 0.3) is 0 Å². The molecule has 0 aliphatic carbocycles. The van der Waals surface area contributed by atoms with Crippen LogP contribution in [0.15, 0.2) is 59.6 Å². The first-order valence-electron chi connectivity index (χ1n) is 12.3. The Labute approximate surface area is 205 Å². The average molecular weight is 499 g/mol. The quantitative estimate of drug-likeness (QED) is 0.540. The van der Waals surface area contributed by atoms with Crippen LogP contribution in [0.1, 0.15) is 19.8 Å².